The number of ether oxygens (including phenoxy) is 3. The van der Waals surface area contributed by atoms with Crippen molar-refractivity contribution < 1.29 is 28.8 Å². The lowest BCUT2D eigenvalue weighted by Crippen LogP contribution is -2.31. The van der Waals surface area contributed by atoms with Gasteiger partial charge >= 0.3 is 0 Å². The van der Waals surface area contributed by atoms with Gasteiger partial charge in [0.2, 0.25) is 16.8 Å². The molecule has 1 saturated heterocycles. The minimum Gasteiger partial charge on any atom is -0.454 e. The summed E-state index contributed by atoms with van der Waals surface area (Å²) in [6.45, 7) is 3.20. The third kappa shape index (κ3) is 4.84. The number of ketones is 1. The standard InChI is InChI=1S/C30H31NO6S.H2/c1-20-4-5-21(16-29(32)30(12-13-30)23-8-11-27-28(17-23)37-19-36-27)15-26(20)22-6-9-25(10-7-22)38(33,34)31-18-24-3-2-14-35-24;/h4-11,15,17,24,31H,2-3,12-14,16,18-19H2,1H3;1H/t24-;/m0./s1. The van der Waals surface area contributed by atoms with Crippen molar-refractivity contribution in [3.8, 4) is 22.6 Å². The average molecular weight is 536 g/mol. The summed E-state index contributed by atoms with van der Waals surface area (Å²) in [4.78, 5) is 13.7. The van der Waals surface area contributed by atoms with E-state index in [1.807, 2.05) is 55.5 Å². The van der Waals surface area contributed by atoms with Crippen LogP contribution in [0.25, 0.3) is 11.1 Å². The van der Waals surface area contributed by atoms with Crippen LogP contribution in [-0.4, -0.2) is 40.2 Å². The number of rotatable bonds is 9. The highest BCUT2D eigenvalue weighted by Gasteiger charge is 2.50. The quantitative estimate of drug-likeness (QED) is 0.418. The Hall–Kier alpha value is -3.20. The van der Waals surface area contributed by atoms with E-state index in [1.54, 1.807) is 12.1 Å². The number of carbonyl (C=O) groups is 1. The van der Waals surface area contributed by atoms with Crippen LogP contribution in [0, 0.1) is 6.92 Å². The summed E-state index contributed by atoms with van der Waals surface area (Å²) in [7, 11) is -3.61. The van der Waals surface area contributed by atoms with Crippen molar-refractivity contribution in [3.05, 3.63) is 77.4 Å². The van der Waals surface area contributed by atoms with E-state index in [-0.39, 0.29) is 31.5 Å². The molecule has 0 aromatic heterocycles. The Labute approximate surface area is 224 Å². The predicted octanol–water partition coefficient (Wildman–Crippen LogP) is 4.94. The van der Waals surface area contributed by atoms with Gasteiger partial charge in [-0.3, -0.25) is 4.79 Å². The molecule has 7 nitrogen and oxygen atoms in total. The van der Waals surface area contributed by atoms with E-state index >= 15 is 0 Å². The fourth-order valence-corrected chi connectivity index (χ4v) is 6.46. The summed E-state index contributed by atoms with van der Waals surface area (Å²) < 4.78 is 44.6. The van der Waals surface area contributed by atoms with Crippen molar-refractivity contribution in [2.24, 2.45) is 0 Å². The van der Waals surface area contributed by atoms with Crippen molar-refractivity contribution in [2.45, 2.75) is 55.4 Å². The van der Waals surface area contributed by atoms with Crippen molar-refractivity contribution in [3.63, 3.8) is 0 Å². The number of benzene rings is 3. The maximum atomic E-state index is 13.5. The number of sulfonamides is 1. The van der Waals surface area contributed by atoms with Gasteiger partial charge in [-0.05, 0) is 84.7 Å². The average Bonchev–Trinajstić information content (AvgIpc) is 3.32. The molecule has 38 heavy (non-hydrogen) atoms. The molecule has 1 saturated carbocycles. The van der Waals surface area contributed by atoms with Crippen molar-refractivity contribution in [2.75, 3.05) is 19.9 Å². The van der Waals surface area contributed by atoms with Gasteiger partial charge in [0.25, 0.3) is 0 Å². The van der Waals surface area contributed by atoms with Crippen molar-refractivity contribution >= 4 is 15.8 Å². The number of nitrogens with one attached hydrogen (secondary N) is 1. The maximum Gasteiger partial charge on any atom is 0.240 e. The molecule has 1 atom stereocenters. The first-order chi connectivity index (χ1) is 18.3. The Morgan fingerprint density at radius 1 is 1.03 bits per heavy atom. The topological polar surface area (TPSA) is 90.9 Å². The van der Waals surface area contributed by atoms with Crippen LogP contribution in [0.4, 0.5) is 0 Å². The number of hydrogen-bond donors (Lipinski definition) is 1. The van der Waals surface area contributed by atoms with Crippen LogP contribution in [0.5, 0.6) is 11.5 Å². The molecule has 0 unspecified atom stereocenters. The third-order valence-corrected chi connectivity index (χ3v) is 9.32. The molecule has 6 rings (SSSR count). The van der Waals surface area contributed by atoms with Gasteiger partial charge in [-0.1, -0.05) is 36.4 Å². The normalized spacial score (nSPS) is 19.4. The molecule has 1 N–H and O–H groups in total. The summed E-state index contributed by atoms with van der Waals surface area (Å²) >= 11 is 0. The molecule has 2 heterocycles. The summed E-state index contributed by atoms with van der Waals surface area (Å²) in [5.74, 6) is 1.62. The highest BCUT2D eigenvalue weighted by atomic mass is 32.2. The third-order valence-electron chi connectivity index (χ3n) is 7.88. The number of hydrogen-bond acceptors (Lipinski definition) is 6. The van der Waals surface area contributed by atoms with E-state index < -0.39 is 15.4 Å². The van der Waals surface area contributed by atoms with E-state index in [2.05, 4.69) is 4.72 Å². The predicted molar refractivity (Wildman–Crippen MR) is 145 cm³/mol. The number of carbonyl (C=O) groups excluding carboxylic acids is 1. The smallest absolute Gasteiger partial charge is 0.240 e. The fraction of sp³-hybridized carbons (Fsp3) is 0.367. The molecule has 1 aliphatic carbocycles. The second kappa shape index (κ2) is 9.84. The van der Waals surface area contributed by atoms with E-state index in [4.69, 9.17) is 14.2 Å². The van der Waals surface area contributed by atoms with Gasteiger partial charge in [0.1, 0.15) is 5.78 Å². The van der Waals surface area contributed by atoms with Crippen LogP contribution in [0.2, 0.25) is 0 Å². The monoisotopic (exact) mass is 535 g/mol. The molecule has 0 spiro atoms. The largest absolute Gasteiger partial charge is 0.454 e. The second-order valence-corrected chi connectivity index (χ2v) is 12.2. The summed E-state index contributed by atoms with van der Waals surface area (Å²) in [5.41, 5.74) is 4.43. The lowest BCUT2D eigenvalue weighted by atomic mass is 9.87. The first-order valence-corrected chi connectivity index (χ1v) is 14.6. The Morgan fingerprint density at radius 2 is 1.82 bits per heavy atom. The van der Waals surface area contributed by atoms with Gasteiger partial charge < -0.3 is 14.2 Å². The molecular weight excluding hydrogens is 502 g/mol. The van der Waals surface area contributed by atoms with Crippen LogP contribution in [0.1, 0.15) is 43.8 Å². The minimum absolute atomic E-state index is 0. The van der Waals surface area contributed by atoms with E-state index in [0.717, 1.165) is 59.3 Å². The molecule has 8 heteroatoms. The van der Waals surface area contributed by atoms with Gasteiger partial charge in [0.05, 0.1) is 16.4 Å². The highest BCUT2D eigenvalue weighted by molar-refractivity contribution is 7.89. The number of aryl methyl sites for hydroxylation is 1. The van der Waals surface area contributed by atoms with E-state index in [1.165, 1.54) is 0 Å². The Morgan fingerprint density at radius 3 is 2.55 bits per heavy atom. The summed E-state index contributed by atoms with van der Waals surface area (Å²) in [6.07, 6.45) is 3.78. The van der Waals surface area contributed by atoms with E-state index in [9.17, 15) is 13.2 Å². The highest BCUT2D eigenvalue weighted by Crippen LogP contribution is 2.51. The van der Waals surface area contributed by atoms with Crippen LogP contribution in [0.15, 0.2) is 65.6 Å². The summed E-state index contributed by atoms with van der Waals surface area (Å²) in [6, 6.07) is 18.8. The first-order valence-electron chi connectivity index (χ1n) is 13.1. The molecule has 2 aliphatic heterocycles. The number of fused-ring (bicyclic) bond motifs is 1. The Kier molecular flexibility index (Phi) is 6.50. The van der Waals surface area contributed by atoms with Gasteiger partial charge in [-0.25, -0.2) is 13.1 Å². The van der Waals surface area contributed by atoms with Gasteiger partial charge in [-0.15, -0.1) is 0 Å². The molecule has 3 aliphatic rings. The van der Waals surface area contributed by atoms with Crippen molar-refractivity contribution in [1.82, 2.24) is 4.72 Å². The SMILES string of the molecule is Cc1ccc(CC(=O)C2(c3ccc4c(c3)OCO4)CC2)cc1-c1ccc(S(=O)(=O)NC[C@@H]2CCCO2)cc1.[HH]. The lowest BCUT2D eigenvalue weighted by Gasteiger charge is -2.16. The van der Waals surface area contributed by atoms with E-state index in [0.29, 0.717) is 18.8 Å². The molecular formula is C30H33NO6S. The molecule has 2 fully saturated rings. The van der Waals surface area contributed by atoms with Gasteiger partial charge in [0.15, 0.2) is 11.5 Å². The fourth-order valence-electron chi connectivity index (χ4n) is 5.40. The van der Waals surface area contributed by atoms with Gasteiger partial charge in [-0.2, -0.15) is 0 Å². The van der Waals surface area contributed by atoms with Crippen LogP contribution < -0.4 is 14.2 Å². The maximum absolute atomic E-state index is 13.5. The second-order valence-electron chi connectivity index (χ2n) is 10.4. The molecule has 0 bridgehead atoms. The van der Waals surface area contributed by atoms with Crippen molar-refractivity contribution in [1.29, 1.82) is 0 Å². The zero-order valence-corrected chi connectivity index (χ0v) is 22.2. The molecule has 0 radical (unpaired) electrons. The Bertz CT molecular complexity index is 1480. The zero-order chi connectivity index (χ0) is 26.3. The Balaban J connectivity index is 0.00000308. The lowest BCUT2D eigenvalue weighted by molar-refractivity contribution is -0.120. The first kappa shape index (κ1) is 25.1. The molecule has 3 aromatic carbocycles. The molecule has 3 aromatic rings. The molecule has 200 valence electrons. The molecule has 0 amide bonds. The van der Waals surface area contributed by atoms with Crippen LogP contribution in [0.3, 0.4) is 0 Å². The minimum atomic E-state index is -3.61. The number of Topliss-reactive ketones (excluding diaryl/α,β-unsaturated/α-hetero) is 1. The van der Waals surface area contributed by atoms with Crippen LogP contribution in [-0.2, 0) is 31.4 Å². The van der Waals surface area contributed by atoms with Gasteiger partial charge in [0, 0.05) is 21.0 Å². The zero-order valence-electron chi connectivity index (χ0n) is 21.4. The van der Waals surface area contributed by atoms with Crippen LogP contribution >= 0.6 is 0 Å². The summed E-state index contributed by atoms with van der Waals surface area (Å²) in [5, 5.41) is 0.